The Balaban J connectivity index is 1.36. The topological polar surface area (TPSA) is 147 Å². The van der Waals surface area contributed by atoms with Crippen LogP contribution in [0.4, 0.5) is 5.69 Å². The van der Waals surface area contributed by atoms with Crippen LogP contribution < -0.4 is 10.9 Å². The van der Waals surface area contributed by atoms with E-state index in [4.69, 9.17) is 4.52 Å². The van der Waals surface area contributed by atoms with Crippen molar-refractivity contribution in [3.05, 3.63) is 95.0 Å². The third kappa shape index (κ3) is 4.13. The van der Waals surface area contributed by atoms with Crippen molar-refractivity contribution < 1.29 is 9.32 Å². The number of fused-ring (bicyclic) bond motifs is 1. The number of nitrogens with zero attached hydrogens (tertiary/aromatic N) is 6. The van der Waals surface area contributed by atoms with Crippen molar-refractivity contribution in [2.75, 3.05) is 5.32 Å². The molecule has 0 aliphatic carbocycles. The molecular formula is C29H22N8O3. The molecule has 4 aromatic heterocycles. The molecule has 0 saturated heterocycles. The van der Waals surface area contributed by atoms with Crippen molar-refractivity contribution in [2.45, 2.75) is 13.5 Å². The van der Waals surface area contributed by atoms with Crippen LogP contribution in [0.3, 0.4) is 0 Å². The van der Waals surface area contributed by atoms with Gasteiger partial charge in [0.05, 0.1) is 5.52 Å². The maximum atomic E-state index is 13.4. The van der Waals surface area contributed by atoms with Gasteiger partial charge in [-0.3, -0.25) is 14.7 Å². The molecule has 4 heterocycles. The predicted octanol–water partition coefficient (Wildman–Crippen LogP) is 4.59. The second-order valence-electron chi connectivity index (χ2n) is 9.03. The number of aromatic nitrogens is 6. The molecule has 0 spiro atoms. The van der Waals surface area contributed by atoms with Gasteiger partial charge < -0.3 is 14.4 Å². The fraction of sp³-hybridized carbons (Fsp3) is 0.103. The first-order valence-corrected chi connectivity index (χ1v) is 12.4. The molecule has 2 N–H and O–H groups in total. The fourth-order valence-electron chi connectivity index (χ4n) is 4.84. The van der Waals surface area contributed by atoms with Crippen LogP contribution in [0, 0.1) is 11.3 Å². The number of carbonyl (C=O) groups is 1. The summed E-state index contributed by atoms with van der Waals surface area (Å²) in [7, 11) is 1.47. The van der Waals surface area contributed by atoms with Gasteiger partial charge >= 0.3 is 0 Å². The van der Waals surface area contributed by atoms with Crippen molar-refractivity contribution in [2.24, 2.45) is 7.05 Å². The number of rotatable bonds is 6. The van der Waals surface area contributed by atoms with Gasteiger partial charge in [-0.2, -0.15) is 15.1 Å². The zero-order valence-electron chi connectivity index (χ0n) is 21.5. The summed E-state index contributed by atoms with van der Waals surface area (Å²) in [5.41, 5.74) is 4.61. The highest BCUT2D eigenvalue weighted by atomic mass is 16.5. The van der Waals surface area contributed by atoms with Crippen LogP contribution in [0.5, 0.6) is 0 Å². The number of carbonyl (C=O) groups excluding carboxylic acids is 1. The summed E-state index contributed by atoms with van der Waals surface area (Å²) in [6.07, 6.45) is 3.05. The minimum absolute atomic E-state index is 0.0315. The van der Waals surface area contributed by atoms with Gasteiger partial charge in [0.25, 0.3) is 11.5 Å². The van der Waals surface area contributed by atoms with E-state index in [0.717, 1.165) is 26.9 Å². The SMILES string of the molecule is CCn1c(-c2ccc(-c3c(C#N)on(C)c3=O)cc2)cc2ccnc(C(=O)Nc3cccc(-c4ncn[nH]4)c3)c21. The van der Waals surface area contributed by atoms with Crippen molar-refractivity contribution in [1.82, 2.24) is 29.5 Å². The lowest BCUT2D eigenvalue weighted by Gasteiger charge is -2.12. The first-order valence-electron chi connectivity index (χ1n) is 12.4. The molecule has 0 radical (unpaired) electrons. The minimum Gasteiger partial charge on any atom is -0.365 e. The highest BCUT2D eigenvalue weighted by Gasteiger charge is 2.20. The molecule has 0 atom stereocenters. The zero-order chi connectivity index (χ0) is 27.8. The number of pyridine rings is 1. The van der Waals surface area contributed by atoms with Gasteiger partial charge in [-0.25, -0.2) is 9.97 Å². The van der Waals surface area contributed by atoms with Crippen LogP contribution in [-0.4, -0.2) is 35.4 Å². The van der Waals surface area contributed by atoms with E-state index < -0.39 is 0 Å². The summed E-state index contributed by atoms with van der Waals surface area (Å²) in [5.74, 6) is 0.231. The molecule has 1 amide bonds. The van der Waals surface area contributed by atoms with E-state index >= 15 is 0 Å². The molecule has 2 aromatic carbocycles. The molecule has 0 aliphatic heterocycles. The third-order valence-corrected chi connectivity index (χ3v) is 6.67. The number of aryl methyl sites for hydroxylation is 2. The Morgan fingerprint density at radius 1 is 1.07 bits per heavy atom. The van der Waals surface area contributed by atoms with Crippen molar-refractivity contribution in [3.63, 3.8) is 0 Å². The number of aromatic amines is 1. The number of nitriles is 1. The van der Waals surface area contributed by atoms with Gasteiger partial charge in [0, 0.05) is 42.1 Å². The standard InChI is InChI=1S/C29H22N8O3/c1-3-37-22(17-7-9-18(10-8-17)24-23(15-30)40-36(2)29(24)39)14-19-11-12-31-25(26(19)37)28(38)34-21-6-4-5-20(13-21)27-32-16-33-35-27/h4-14,16H,3H2,1-2H3,(H,34,38)(H,32,33,35). The lowest BCUT2D eigenvalue weighted by molar-refractivity contribution is 0.102. The average Bonchev–Trinajstić information content (AvgIpc) is 3.71. The third-order valence-electron chi connectivity index (χ3n) is 6.67. The molecule has 0 unspecified atom stereocenters. The number of hydrogen-bond acceptors (Lipinski definition) is 7. The van der Waals surface area contributed by atoms with Gasteiger partial charge in [-0.15, -0.1) is 0 Å². The Kier molecular flexibility index (Phi) is 6.05. The quantitative estimate of drug-likeness (QED) is 0.320. The highest BCUT2D eigenvalue weighted by molar-refractivity contribution is 6.11. The van der Waals surface area contributed by atoms with Crippen molar-refractivity contribution >= 4 is 22.5 Å². The maximum Gasteiger partial charge on any atom is 0.291 e. The lowest BCUT2D eigenvalue weighted by Crippen LogP contribution is -2.15. The molecule has 0 aliphatic rings. The largest absolute Gasteiger partial charge is 0.365 e. The zero-order valence-corrected chi connectivity index (χ0v) is 21.5. The lowest BCUT2D eigenvalue weighted by atomic mass is 10.0. The van der Waals surface area contributed by atoms with Crippen LogP contribution in [0.15, 0.2) is 82.5 Å². The van der Waals surface area contributed by atoms with Crippen molar-refractivity contribution in [3.8, 4) is 39.8 Å². The van der Waals surface area contributed by atoms with Gasteiger partial charge in [0.1, 0.15) is 18.0 Å². The molecular weight excluding hydrogens is 508 g/mol. The van der Waals surface area contributed by atoms with Crippen LogP contribution in [0.1, 0.15) is 23.2 Å². The van der Waals surface area contributed by atoms with E-state index in [1.54, 1.807) is 24.4 Å². The molecule has 0 bridgehead atoms. The summed E-state index contributed by atoms with van der Waals surface area (Å²) in [5, 5.41) is 19.9. The summed E-state index contributed by atoms with van der Waals surface area (Å²) in [4.78, 5) is 34.5. The second kappa shape index (κ2) is 9.85. The van der Waals surface area contributed by atoms with Gasteiger partial charge in [-0.1, -0.05) is 36.4 Å². The van der Waals surface area contributed by atoms with Gasteiger partial charge in [0.15, 0.2) is 11.5 Å². The Morgan fingerprint density at radius 2 is 1.88 bits per heavy atom. The number of amides is 1. The van der Waals surface area contributed by atoms with Gasteiger partial charge in [0.2, 0.25) is 5.76 Å². The number of H-pyrrole nitrogens is 1. The Bertz CT molecular complexity index is 1970. The molecule has 11 nitrogen and oxygen atoms in total. The predicted molar refractivity (Wildman–Crippen MR) is 148 cm³/mol. The molecule has 0 saturated carbocycles. The number of nitrogens with one attached hydrogen (secondary N) is 2. The van der Waals surface area contributed by atoms with E-state index in [9.17, 15) is 14.9 Å². The highest BCUT2D eigenvalue weighted by Crippen LogP contribution is 2.32. The second-order valence-corrected chi connectivity index (χ2v) is 9.03. The summed E-state index contributed by atoms with van der Waals surface area (Å²) in [6.45, 7) is 2.59. The van der Waals surface area contributed by atoms with E-state index in [0.29, 0.717) is 34.8 Å². The Morgan fingerprint density at radius 3 is 2.60 bits per heavy atom. The fourth-order valence-corrected chi connectivity index (χ4v) is 4.84. The normalized spacial score (nSPS) is 11.0. The minimum atomic E-state index is -0.375. The molecule has 196 valence electrons. The smallest absolute Gasteiger partial charge is 0.291 e. The Hall–Kier alpha value is -5.76. The summed E-state index contributed by atoms with van der Waals surface area (Å²) < 4.78 is 8.31. The Labute approximate surface area is 227 Å². The maximum absolute atomic E-state index is 13.4. The molecule has 40 heavy (non-hydrogen) atoms. The number of anilines is 1. The first-order chi connectivity index (χ1) is 19.5. The molecule has 6 aromatic rings. The van der Waals surface area contributed by atoms with E-state index in [1.165, 1.54) is 13.4 Å². The van der Waals surface area contributed by atoms with Crippen molar-refractivity contribution in [1.29, 1.82) is 5.26 Å². The van der Waals surface area contributed by atoms with Gasteiger partial charge in [-0.05, 0) is 42.3 Å². The molecule has 6 rings (SSSR count). The van der Waals surface area contributed by atoms with Crippen LogP contribution in [-0.2, 0) is 13.6 Å². The van der Waals surface area contributed by atoms with E-state index in [-0.39, 0.29) is 22.8 Å². The summed E-state index contributed by atoms with van der Waals surface area (Å²) in [6, 6.07) is 20.5. The van der Waals surface area contributed by atoms with Crippen LogP contribution in [0.25, 0.3) is 44.7 Å². The monoisotopic (exact) mass is 530 g/mol. The van der Waals surface area contributed by atoms with Crippen LogP contribution in [0.2, 0.25) is 0 Å². The summed E-state index contributed by atoms with van der Waals surface area (Å²) >= 11 is 0. The first kappa shape index (κ1) is 24.6. The van der Waals surface area contributed by atoms with Crippen LogP contribution >= 0.6 is 0 Å². The molecule has 0 fully saturated rings. The number of benzene rings is 2. The number of hydrogen-bond donors (Lipinski definition) is 2. The van der Waals surface area contributed by atoms with E-state index in [2.05, 4.69) is 25.5 Å². The molecule has 11 heteroatoms. The van der Waals surface area contributed by atoms with E-state index in [1.807, 2.05) is 60.0 Å². The average molecular weight is 531 g/mol.